The summed E-state index contributed by atoms with van der Waals surface area (Å²) in [5.74, 6) is 0.508. The van der Waals surface area contributed by atoms with E-state index in [4.69, 9.17) is 28.6 Å². The Balaban J connectivity index is 1.76. The molecule has 2 N–H and O–H groups in total. The van der Waals surface area contributed by atoms with E-state index in [1.54, 1.807) is 18.2 Å². The summed E-state index contributed by atoms with van der Waals surface area (Å²) < 4.78 is 32.6. The molecule has 1 saturated heterocycles. The van der Waals surface area contributed by atoms with Crippen LogP contribution in [0, 0.1) is 0 Å². The molecule has 0 unspecified atom stereocenters. The van der Waals surface area contributed by atoms with Crippen molar-refractivity contribution in [1.82, 2.24) is 9.62 Å². The summed E-state index contributed by atoms with van der Waals surface area (Å²) in [7, 11) is -2.00. The highest BCUT2D eigenvalue weighted by Gasteiger charge is 2.28. The molecule has 1 aliphatic heterocycles. The largest absolute Gasteiger partial charge is 0.495 e. The maximum absolute atomic E-state index is 12.9. The van der Waals surface area contributed by atoms with Crippen LogP contribution in [0.25, 0.3) is 0 Å². The first-order valence-corrected chi connectivity index (χ1v) is 11.5. The predicted molar refractivity (Wildman–Crippen MR) is 120 cm³/mol. The summed E-state index contributed by atoms with van der Waals surface area (Å²) >= 11 is 11.4. The predicted octanol–water partition coefficient (Wildman–Crippen LogP) is 4.18. The van der Waals surface area contributed by atoms with Gasteiger partial charge in [0.2, 0.25) is 10.0 Å². The van der Waals surface area contributed by atoms with Crippen molar-refractivity contribution in [3.05, 3.63) is 53.1 Å². The maximum atomic E-state index is 12.9. The second-order valence-electron chi connectivity index (χ2n) is 6.84. The van der Waals surface area contributed by atoms with Gasteiger partial charge in [0.1, 0.15) is 5.75 Å². The Kier molecular flexibility index (Phi) is 7.00. The zero-order valence-corrected chi connectivity index (χ0v) is 18.7. The Hall–Kier alpha value is -1.87. The number of anilines is 1. The highest BCUT2D eigenvalue weighted by atomic mass is 35.5. The molecule has 9 heteroatoms. The van der Waals surface area contributed by atoms with E-state index < -0.39 is 10.0 Å². The van der Waals surface area contributed by atoms with Gasteiger partial charge in [-0.2, -0.15) is 4.31 Å². The van der Waals surface area contributed by atoms with E-state index in [0.717, 1.165) is 18.4 Å². The van der Waals surface area contributed by atoms with Crippen LogP contribution >= 0.6 is 23.8 Å². The summed E-state index contributed by atoms with van der Waals surface area (Å²) in [5, 5.41) is 7.28. The number of halogens is 1. The van der Waals surface area contributed by atoms with Gasteiger partial charge in [0.25, 0.3) is 0 Å². The van der Waals surface area contributed by atoms with Gasteiger partial charge in [-0.15, -0.1) is 0 Å². The van der Waals surface area contributed by atoms with Gasteiger partial charge in [-0.05, 0) is 67.9 Å². The lowest BCUT2D eigenvalue weighted by Crippen LogP contribution is -2.31. The minimum absolute atomic E-state index is 0.0604. The number of sulfonamides is 1. The van der Waals surface area contributed by atoms with Gasteiger partial charge in [0.05, 0.1) is 23.7 Å². The van der Waals surface area contributed by atoms with Crippen LogP contribution in [0.3, 0.4) is 0 Å². The van der Waals surface area contributed by atoms with Crippen molar-refractivity contribution in [2.75, 3.05) is 25.5 Å². The molecule has 0 bridgehead atoms. The van der Waals surface area contributed by atoms with Crippen LogP contribution in [0.15, 0.2) is 47.4 Å². The van der Waals surface area contributed by atoms with Crippen molar-refractivity contribution in [3.63, 3.8) is 0 Å². The van der Waals surface area contributed by atoms with Crippen LogP contribution in [0.2, 0.25) is 5.02 Å². The van der Waals surface area contributed by atoms with Gasteiger partial charge in [-0.3, -0.25) is 0 Å². The number of thiocarbonyl (C=S) groups is 1. The topological polar surface area (TPSA) is 70.7 Å². The van der Waals surface area contributed by atoms with Gasteiger partial charge in [0, 0.05) is 18.1 Å². The third-order valence-electron chi connectivity index (χ3n) is 4.84. The zero-order chi connectivity index (χ0) is 21.0. The average molecular weight is 454 g/mol. The number of rotatable bonds is 6. The van der Waals surface area contributed by atoms with Crippen LogP contribution in [0.1, 0.15) is 31.4 Å². The van der Waals surface area contributed by atoms with Gasteiger partial charge in [-0.25, -0.2) is 8.42 Å². The minimum Gasteiger partial charge on any atom is -0.495 e. The van der Waals surface area contributed by atoms with Gasteiger partial charge in [0.15, 0.2) is 5.11 Å². The van der Waals surface area contributed by atoms with Crippen LogP contribution < -0.4 is 15.4 Å². The molecule has 0 aliphatic carbocycles. The van der Waals surface area contributed by atoms with Crippen molar-refractivity contribution in [3.8, 4) is 5.75 Å². The quantitative estimate of drug-likeness (QED) is 0.639. The van der Waals surface area contributed by atoms with E-state index in [1.165, 1.54) is 11.4 Å². The lowest BCUT2D eigenvalue weighted by Gasteiger charge is -2.20. The molecule has 1 atom stereocenters. The molecule has 1 fully saturated rings. The molecule has 0 radical (unpaired) electrons. The van der Waals surface area contributed by atoms with Crippen molar-refractivity contribution >= 4 is 44.6 Å². The average Bonchev–Trinajstić information content (AvgIpc) is 3.24. The lowest BCUT2D eigenvalue weighted by molar-refractivity contribution is 0.416. The Labute approximate surface area is 182 Å². The Morgan fingerprint density at radius 1 is 1.17 bits per heavy atom. The second kappa shape index (κ2) is 9.30. The second-order valence-corrected chi connectivity index (χ2v) is 9.63. The number of nitrogens with zero attached hydrogens (tertiary/aromatic N) is 1. The fourth-order valence-electron chi connectivity index (χ4n) is 3.21. The van der Waals surface area contributed by atoms with Crippen molar-refractivity contribution in [1.29, 1.82) is 0 Å². The molecule has 3 rings (SSSR count). The summed E-state index contributed by atoms with van der Waals surface area (Å²) in [6, 6.07) is 12.2. The van der Waals surface area contributed by atoms with Crippen LogP contribution in [0.4, 0.5) is 5.69 Å². The summed E-state index contributed by atoms with van der Waals surface area (Å²) in [5.41, 5.74) is 1.52. The molecule has 0 amide bonds. The normalized spacial score (nSPS) is 15.7. The number of hydrogen-bond donors (Lipinski definition) is 2. The first-order chi connectivity index (χ1) is 13.8. The first-order valence-electron chi connectivity index (χ1n) is 9.32. The van der Waals surface area contributed by atoms with E-state index >= 15 is 0 Å². The fourth-order valence-corrected chi connectivity index (χ4v) is 5.17. The number of hydrogen-bond acceptors (Lipinski definition) is 4. The van der Waals surface area contributed by atoms with Gasteiger partial charge < -0.3 is 15.4 Å². The molecule has 1 heterocycles. The molecular weight excluding hydrogens is 430 g/mol. The van der Waals surface area contributed by atoms with E-state index in [1.807, 2.05) is 31.2 Å². The van der Waals surface area contributed by atoms with Crippen LogP contribution in [-0.4, -0.2) is 38.0 Å². The zero-order valence-electron chi connectivity index (χ0n) is 16.3. The van der Waals surface area contributed by atoms with Gasteiger partial charge >= 0.3 is 0 Å². The Morgan fingerprint density at radius 2 is 1.83 bits per heavy atom. The number of ether oxygens (including phenoxy) is 1. The molecule has 0 aromatic heterocycles. The number of benzene rings is 2. The Bertz CT molecular complexity index is 975. The lowest BCUT2D eigenvalue weighted by atomic mass is 10.1. The fraction of sp³-hybridized carbons (Fsp3) is 0.350. The summed E-state index contributed by atoms with van der Waals surface area (Å²) in [6.45, 7) is 3.08. The molecule has 29 heavy (non-hydrogen) atoms. The smallest absolute Gasteiger partial charge is 0.243 e. The molecule has 0 spiro atoms. The highest BCUT2D eigenvalue weighted by molar-refractivity contribution is 7.89. The molecule has 2 aromatic carbocycles. The number of nitrogens with one attached hydrogen (secondary N) is 2. The van der Waals surface area contributed by atoms with Crippen molar-refractivity contribution in [2.45, 2.75) is 30.7 Å². The van der Waals surface area contributed by atoms with E-state index in [2.05, 4.69) is 10.6 Å². The monoisotopic (exact) mass is 453 g/mol. The SMILES string of the molecule is COc1ccc(S(=O)(=O)N2CCCC2)cc1NC(=S)N[C@@H](C)c1ccc(Cl)cc1. The number of methoxy groups -OCH3 is 1. The first kappa shape index (κ1) is 21.8. The van der Waals surface area contributed by atoms with Gasteiger partial charge in [-0.1, -0.05) is 23.7 Å². The standard InChI is InChI=1S/C20H24ClN3O3S2/c1-14(15-5-7-16(21)8-6-15)22-20(28)23-18-13-17(9-10-19(18)27-2)29(25,26)24-11-3-4-12-24/h5-10,13-14H,3-4,11-12H2,1-2H3,(H2,22,23,28)/t14-/m0/s1. The van der Waals surface area contributed by atoms with Crippen molar-refractivity contribution in [2.24, 2.45) is 0 Å². The highest BCUT2D eigenvalue weighted by Crippen LogP contribution is 2.30. The third-order valence-corrected chi connectivity index (χ3v) is 7.21. The molecule has 6 nitrogen and oxygen atoms in total. The van der Waals surface area contributed by atoms with E-state index in [-0.39, 0.29) is 10.9 Å². The van der Waals surface area contributed by atoms with Crippen LogP contribution in [-0.2, 0) is 10.0 Å². The van der Waals surface area contributed by atoms with Crippen LogP contribution in [0.5, 0.6) is 5.75 Å². The van der Waals surface area contributed by atoms with Crippen molar-refractivity contribution < 1.29 is 13.2 Å². The molecular formula is C20H24ClN3O3S2. The van der Waals surface area contributed by atoms with E-state index in [0.29, 0.717) is 34.7 Å². The summed E-state index contributed by atoms with van der Waals surface area (Å²) in [4.78, 5) is 0.219. The minimum atomic E-state index is -3.53. The van der Waals surface area contributed by atoms with E-state index in [9.17, 15) is 8.42 Å². The molecule has 1 aliphatic rings. The summed E-state index contributed by atoms with van der Waals surface area (Å²) in [6.07, 6.45) is 1.77. The maximum Gasteiger partial charge on any atom is 0.243 e. The third kappa shape index (κ3) is 5.19. The Morgan fingerprint density at radius 3 is 2.45 bits per heavy atom. The molecule has 0 saturated carbocycles. The molecule has 156 valence electrons. The molecule has 2 aromatic rings.